The quantitative estimate of drug-likeness (QED) is 0.167. The van der Waals surface area contributed by atoms with E-state index in [1.807, 2.05) is 68.4 Å². The minimum Gasteiger partial charge on any atom is -0.456 e. The van der Waals surface area contributed by atoms with E-state index < -0.39 is 0 Å². The Kier molecular flexibility index (Phi) is 9.89. The van der Waals surface area contributed by atoms with Gasteiger partial charge in [0.1, 0.15) is 11.2 Å². The maximum atomic E-state index is 6.33. The van der Waals surface area contributed by atoms with Crippen LogP contribution in [-0.2, 0) is 5.41 Å². The van der Waals surface area contributed by atoms with Crippen molar-refractivity contribution in [1.82, 2.24) is 19.5 Å². The summed E-state index contributed by atoms with van der Waals surface area (Å²) < 4.78 is 8.77. The first-order chi connectivity index (χ1) is 34.9. The molecule has 1 aliphatic rings. The lowest BCUT2D eigenvalue weighted by Crippen LogP contribution is -2.14. The average molecular weight is 913 g/mol. The summed E-state index contributed by atoms with van der Waals surface area (Å²) in [5, 5.41) is 6.92. The maximum absolute atomic E-state index is 6.33. The van der Waals surface area contributed by atoms with Crippen molar-refractivity contribution in [1.29, 1.82) is 0 Å². The van der Waals surface area contributed by atoms with Gasteiger partial charge < -0.3 is 8.98 Å². The minimum absolute atomic E-state index is 0.0834. The van der Waals surface area contributed by atoms with Gasteiger partial charge in [0, 0.05) is 54.9 Å². The monoisotopic (exact) mass is 912 g/mol. The SMILES string of the molecule is CC.CC1(C)c2ccccc2-c2ccc(-c3cccc(-c4cccc5c6cc7ccccc7cc6n(-c6cccc(-c7nc(-c8ccccc8)nc(-c8ccc9c(c8)oc8ccccc89)n7)c6)c45)c3)cc21. The first-order valence-corrected chi connectivity index (χ1v) is 24.6. The molecule has 0 amide bonds. The fraction of sp³-hybridized carbons (Fsp3) is 0.0758. The predicted molar refractivity (Wildman–Crippen MR) is 295 cm³/mol. The van der Waals surface area contributed by atoms with Crippen molar-refractivity contribution < 1.29 is 4.42 Å². The van der Waals surface area contributed by atoms with Crippen molar-refractivity contribution in [2.75, 3.05) is 0 Å². The van der Waals surface area contributed by atoms with Gasteiger partial charge in [0.05, 0.1) is 11.0 Å². The summed E-state index contributed by atoms with van der Waals surface area (Å²) >= 11 is 0. The summed E-state index contributed by atoms with van der Waals surface area (Å²) in [6.07, 6.45) is 0. The maximum Gasteiger partial charge on any atom is 0.164 e. The molecule has 3 aromatic heterocycles. The average Bonchev–Trinajstić information content (AvgIpc) is 4.05. The summed E-state index contributed by atoms with van der Waals surface area (Å²) in [4.78, 5) is 15.5. The van der Waals surface area contributed by atoms with Crippen LogP contribution in [-0.4, -0.2) is 19.5 Å². The Bertz CT molecular complexity index is 4230. The van der Waals surface area contributed by atoms with Crippen molar-refractivity contribution in [3.8, 4) is 73.2 Å². The molecule has 10 aromatic carbocycles. The topological polar surface area (TPSA) is 56.7 Å². The normalized spacial score (nSPS) is 12.6. The molecule has 0 N–H and O–H groups in total. The lowest BCUT2D eigenvalue weighted by Gasteiger charge is -2.22. The molecule has 5 heteroatoms. The number of nitrogens with zero attached hydrogens (tertiary/aromatic N) is 4. The first kappa shape index (κ1) is 42.2. The van der Waals surface area contributed by atoms with E-state index in [4.69, 9.17) is 19.4 Å². The fourth-order valence-corrected chi connectivity index (χ4v) is 11.0. The molecule has 0 fully saturated rings. The van der Waals surface area contributed by atoms with Crippen LogP contribution in [0.15, 0.2) is 223 Å². The second kappa shape index (κ2) is 16.6. The molecule has 0 saturated heterocycles. The number of benzene rings is 10. The molecule has 14 rings (SSSR count). The minimum atomic E-state index is -0.0834. The molecule has 0 aliphatic heterocycles. The van der Waals surface area contributed by atoms with Gasteiger partial charge in [-0.3, -0.25) is 0 Å². The summed E-state index contributed by atoms with van der Waals surface area (Å²) in [6.45, 7) is 8.70. The van der Waals surface area contributed by atoms with Gasteiger partial charge in [-0.25, -0.2) is 15.0 Å². The van der Waals surface area contributed by atoms with Gasteiger partial charge in [0.15, 0.2) is 17.5 Å². The molecule has 5 nitrogen and oxygen atoms in total. The molecular weight excluding hydrogens is 865 g/mol. The molecule has 3 heterocycles. The molecule has 1 aliphatic carbocycles. The molecule has 0 spiro atoms. The van der Waals surface area contributed by atoms with Crippen LogP contribution in [0.3, 0.4) is 0 Å². The van der Waals surface area contributed by atoms with Gasteiger partial charge >= 0.3 is 0 Å². The molecule has 71 heavy (non-hydrogen) atoms. The van der Waals surface area contributed by atoms with E-state index in [1.165, 1.54) is 54.9 Å². The largest absolute Gasteiger partial charge is 0.456 e. The number of fused-ring (bicyclic) bond motifs is 10. The van der Waals surface area contributed by atoms with Gasteiger partial charge in [-0.1, -0.05) is 191 Å². The second-order valence-corrected chi connectivity index (χ2v) is 18.8. The van der Waals surface area contributed by atoms with Gasteiger partial charge in [-0.2, -0.15) is 0 Å². The Morgan fingerprint density at radius 3 is 1.79 bits per heavy atom. The van der Waals surface area contributed by atoms with E-state index in [-0.39, 0.29) is 5.41 Å². The molecule has 0 bridgehead atoms. The Morgan fingerprint density at radius 2 is 0.944 bits per heavy atom. The van der Waals surface area contributed by atoms with Crippen LogP contribution < -0.4 is 0 Å². The van der Waals surface area contributed by atoms with Gasteiger partial charge in [-0.15, -0.1) is 0 Å². The van der Waals surface area contributed by atoms with E-state index in [9.17, 15) is 0 Å². The molecule has 0 atom stereocenters. The van der Waals surface area contributed by atoms with Crippen LogP contribution >= 0.6 is 0 Å². The summed E-state index contributed by atoms with van der Waals surface area (Å²) in [5.41, 5.74) is 17.6. The highest BCUT2D eigenvalue weighted by atomic mass is 16.3. The third-order valence-electron chi connectivity index (χ3n) is 14.4. The number of para-hydroxylation sites is 2. The van der Waals surface area contributed by atoms with Crippen LogP contribution in [0.1, 0.15) is 38.8 Å². The molecule has 13 aromatic rings. The zero-order chi connectivity index (χ0) is 47.8. The van der Waals surface area contributed by atoms with Crippen LogP contribution in [0, 0.1) is 0 Å². The summed E-state index contributed by atoms with van der Waals surface area (Å²) in [6, 6.07) is 78.1. The van der Waals surface area contributed by atoms with Crippen molar-refractivity contribution in [3.63, 3.8) is 0 Å². The zero-order valence-corrected chi connectivity index (χ0v) is 40.0. The van der Waals surface area contributed by atoms with E-state index >= 15 is 0 Å². The molecule has 0 radical (unpaired) electrons. The van der Waals surface area contributed by atoms with E-state index in [2.05, 4.69) is 182 Å². The predicted octanol–water partition coefficient (Wildman–Crippen LogP) is 17.7. The number of hydrogen-bond donors (Lipinski definition) is 0. The fourth-order valence-electron chi connectivity index (χ4n) is 11.0. The third kappa shape index (κ3) is 6.87. The number of aromatic nitrogens is 4. The molecular formula is C66H48N4O. The smallest absolute Gasteiger partial charge is 0.164 e. The lowest BCUT2D eigenvalue weighted by atomic mass is 9.81. The van der Waals surface area contributed by atoms with Crippen LogP contribution in [0.25, 0.3) is 128 Å². The Balaban J connectivity index is 0.00000243. The highest BCUT2D eigenvalue weighted by Gasteiger charge is 2.35. The summed E-state index contributed by atoms with van der Waals surface area (Å²) in [5.74, 6) is 1.77. The second-order valence-electron chi connectivity index (χ2n) is 18.8. The van der Waals surface area contributed by atoms with Crippen molar-refractivity contribution in [2.45, 2.75) is 33.1 Å². The van der Waals surface area contributed by atoms with E-state index in [0.29, 0.717) is 17.5 Å². The highest BCUT2D eigenvalue weighted by molar-refractivity contribution is 6.17. The van der Waals surface area contributed by atoms with E-state index in [1.54, 1.807) is 0 Å². The Morgan fingerprint density at radius 1 is 0.366 bits per heavy atom. The van der Waals surface area contributed by atoms with Crippen molar-refractivity contribution in [3.05, 3.63) is 230 Å². The van der Waals surface area contributed by atoms with Crippen LogP contribution in [0.5, 0.6) is 0 Å². The van der Waals surface area contributed by atoms with Crippen LogP contribution in [0.4, 0.5) is 0 Å². The van der Waals surface area contributed by atoms with Crippen LogP contribution in [0.2, 0.25) is 0 Å². The number of rotatable bonds is 6. The van der Waals surface area contributed by atoms with Gasteiger partial charge in [0.2, 0.25) is 0 Å². The molecule has 0 saturated carbocycles. The lowest BCUT2D eigenvalue weighted by molar-refractivity contribution is 0.660. The molecule has 338 valence electrons. The zero-order valence-electron chi connectivity index (χ0n) is 40.0. The first-order valence-electron chi connectivity index (χ1n) is 24.6. The van der Waals surface area contributed by atoms with Gasteiger partial charge in [0.25, 0.3) is 0 Å². The third-order valence-corrected chi connectivity index (χ3v) is 14.4. The standard InChI is InChI=1S/C64H42N4O.C2H6/c1-64(2)55-27-10-8-23-49(55)50-31-29-43(36-56(50)64)40-19-12-20-44(33-40)48-25-14-26-53-54-35-41-17-6-7-18-42(41)37-57(54)68(60(48)53)47-22-13-21-45(34-47)62-65-61(39-15-4-3-5-16-39)66-63(67-62)46-30-32-52-51-24-9-11-28-58(51)69-59(52)38-46;1-2/h3-38H,1-2H3;1-2H3. The Hall–Kier alpha value is -8.93. The molecule has 0 unspecified atom stereocenters. The highest BCUT2D eigenvalue weighted by Crippen LogP contribution is 2.50. The Labute approximate surface area is 412 Å². The van der Waals surface area contributed by atoms with Crippen molar-refractivity contribution >= 4 is 54.5 Å². The summed E-state index contributed by atoms with van der Waals surface area (Å²) in [7, 11) is 0. The van der Waals surface area contributed by atoms with Gasteiger partial charge in [-0.05, 0) is 104 Å². The number of hydrogen-bond acceptors (Lipinski definition) is 4. The van der Waals surface area contributed by atoms with E-state index in [0.717, 1.165) is 66.5 Å². The van der Waals surface area contributed by atoms with Crippen molar-refractivity contribution in [2.24, 2.45) is 0 Å². The number of furan rings is 1.